The predicted octanol–water partition coefficient (Wildman–Crippen LogP) is 3.65. The molecule has 2 N–H and O–H groups in total. The first kappa shape index (κ1) is 15.0. The molecule has 4 heteroatoms. The number of H-pyrrole nitrogens is 1. The summed E-state index contributed by atoms with van der Waals surface area (Å²) in [5, 5.41) is 2.87. The molecule has 2 rings (SSSR count). The molecule has 110 valence electrons. The molecule has 0 aliphatic heterocycles. The molecule has 0 spiro atoms. The smallest absolute Gasteiger partial charge is 0.272 e. The standard InChI is InChI=1S/C17H20N2O2/c1-5-14-15(12(4)20)11(3)18-16(14)17(21)19-13-8-6-7-10(2)9-13/h6-9,18H,5H2,1-4H3,(H,19,21). The molecule has 1 aromatic carbocycles. The molecule has 0 atom stereocenters. The number of carbonyl (C=O) groups is 2. The van der Waals surface area contributed by atoms with Crippen LogP contribution < -0.4 is 5.32 Å². The SMILES string of the molecule is CCc1c(C(=O)Nc2cccc(C)c2)[nH]c(C)c1C(C)=O. The topological polar surface area (TPSA) is 62.0 Å². The van der Waals surface area contributed by atoms with Gasteiger partial charge < -0.3 is 10.3 Å². The van der Waals surface area contributed by atoms with Crippen LogP contribution in [0.2, 0.25) is 0 Å². The van der Waals surface area contributed by atoms with Crippen LogP contribution in [0.25, 0.3) is 0 Å². The van der Waals surface area contributed by atoms with Gasteiger partial charge in [-0.05, 0) is 50.5 Å². The van der Waals surface area contributed by atoms with Gasteiger partial charge in [-0.1, -0.05) is 19.1 Å². The van der Waals surface area contributed by atoms with E-state index in [1.54, 1.807) is 0 Å². The number of benzene rings is 1. The van der Waals surface area contributed by atoms with Crippen LogP contribution >= 0.6 is 0 Å². The Kier molecular flexibility index (Phi) is 4.26. The van der Waals surface area contributed by atoms with E-state index in [0.717, 1.165) is 22.5 Å². The largest absolute Gasteiger partial charge is 0.354 e. The summed E-state index contributed by atoms with van der Waals surface area (Å²) in [6, 6.07) is 7.62. The van der Waals surface area contributed by atoms with E-state index in [1.807, 2.05) is 45.0 Å². The van der Waals surface area contributed by atoms with E-state index < -0.39 is 0 Å². The lowest BCUT2D eigenvalue weighted by Crippen LogP contribution is -2.14. The molecule has 0 unspecified atom stereocenters. The number of amides is 1. The molecule has 1 heterocycles. The number of carbonyl (C=O) groups excluding carboxylic acids is 2. The first-order valence-corrected chi connectivity index (χ1v) is 7.04. The molecule has 2 aromatic rings. The summed E-state index contributed by atoms with van der Waals surface area (Å²) in [4.78, 5) is 27.2. The van der Waals surface area contributed by atoms with Crippen molar-refractivity contribution in [1.29, 1.82) is 0 Å². The molecule has 1 aromatic heterocycles. The molecule has 0 radical (unpaired) electrons. The minimum Gasteiger partial charge on any atom is -0.354 e. The number of aromatic amines is 1. The molecular formula is C17H20N2O2. The van der Waals surface area contributed by atoms with Gasteiger partial charge in [0.25, 0.3) is 5.91 Å². The van der Waals surface area contributed by atoms with Crippen LogP contribution in [0.5, 0.6) is 0 Å². The highest BCUT2D eigenvalue weighted by molar-refractivity contribution is 6.07. The second-order valence-corrected chi connectivity index (χ2v) is 5.21. The Morgan fingerprint density at radius 2 is 1.95 bits per heavy atom. The summed E-state index contributed by atoms with van der Waals surface area (Å²) >= 11 is 0. The second-order valence-electron chi connectivity index (χ2n) is 5.21. The van der Waals surface area contributed by atoms with Gasteiger partial charge >= 0.3 is 0 Å². The molecule has 0 fully saturated rings. The van der Waals surface area contributed by atoms with Crippen molar-refractivity contribution in [3.8, 4) is 0 Å². The van der Waals surface area contributed by atoms with Gasteiger partial charge in [0, 0.05) is 16.9 Å². The maximum absolute atomic E-state index is 12.4. The lowest BCUT2D eigenvalue weighted by atomic mass is 10.0. The maximum atomic E-state index is 12.4. The summed E-state index contributed by atoms with van der Waals surface area (Å²) in [6.07, 6.45) is 0.635. The predicted molar refractivity (Wildman–Crippen MR) is 84.0 cm³/mol. The van der Waals surface area contributed by atoms with Crippen molar-refractivity contribution >= 4 is 17.4 Å². The van der Waals surface area contributed by atoms with E-state index in [-0.39, 0.29) is 11.7 Å². The normalized spacial score (nSPS) is 10.5. The van der Waals surface area contributed by atoms with Crippen LogP contribution in [0.1, 0.15) is 51.5 Å². The fourth-order valence-electron chi connectivity index (χ4n) is 2.62. The zero-order valence-electron chi connectivity index (χ0n) is 12.8. The summed E-state index contributed by atoms with van der Waals surface area (Å²) in [5.41, 5.74) is 4.46. The van der Waals surface area contributed by atoms with E-state index in [1.165, 1.54) is 6.92 Å². The summed E-state index contributed by atoms with van der Waals surface area (Å²) < 4.78 is 0. The molecular weight excluding hydrogens is 264 g/mol. The Morgan fingerprint density at radius 1 is 1.24 bits per heavy atom. The number of aryl methyl sites for hydroxylation is 2. The highest BCUT2D eigenvalue weighted by Crippen LogP contribution is 2.21. The van der Waals surface area contributed by atoms with Crippen LogP contribution in [0.4, 0.5) is 5.69 Å². The van der Waals surface area contributed by atoms with Crippen molar-refractivity contribution in [2.24, 2.45) is 0 Å². The first-order valence-electron chi connectivity index (χ1n) is 7.04. The van der Waals surface area contributed by atoms with Crippen molar-refractivity contribution in [2.45, 2.75) is 34.1 Å². The first-order chi connectivity index (χ1) is 9.93. The number of anilines is 1. The van der Waals surface area contributed by atoms with Crippen molar-refractivity contribution in [3.05, 3.63) is 52.3 Å². The number of aromatic nitrogens is 1. The van der Waals surface area contributed by atoms with Crippen molar-refractivity contribution in [1.82, 2.24) is 4.98 Å². The van der Waals surface area contributed by atoms with E-state index in [9.17, 15) is 9.59 Å². The van der Waals surface area contributed by atoms with Crippen LogP contribution in [0.3, 0.4) is 0 Å². The number of ketones is 1. The zero-order valence-corrected chi connectivity index (χ0v) is 12.8. The van der Waals surface area contributed by atoms with Gasteiger partial charge in [0.1, 0.15) is 5.69 Å². The molecule has 1 amide bonds. The lowest BCUT2D eigenvalue weighted by Gasteiger charge is -2.07. The average molecular weight is 284 g/mol. The van der Waals surface area contributed by atoms with Gasteiger partial charge in [-0.25, -0.2) is 0 Å². The Balaban J connectivity index is 2.36. The molecule has 0 bridgehead atoms. The minimum absolute atomic E-state index is 0.0183. The Bertz CT molecular complexity index is 699. The van der Waals surface area contributed by atoms with Gasteiger partial charge in [0.05, 0.1) is 0 Å². The summed E-state index contributed by atoms with van der Waals surface area (Å²) in [6.45, 7) is 7.26. The Labute approximate surface area is 124 Å². The third kappa shape index (κ3) is 3.05. The number of nitrogens with one attached hydrogen (secondary N) is 2. The van der Waals surface area contributed by atoms with E-state index in [0.29, 0.717) is 17.7 Å². The second kappa shape index (κ2) is 5.95. The fraction of sp³-hybridized carbons (Fsp3) is 0.294. The fourth-order valence-corrected chi connectivity index (χ4v) is 2.62. The van der Waals surface area contributed by atoms with Gasteiger partial charge in [-0.2, -0.15) is 0 Å². The number of Topliss-reactive ketones (excluding diaryl/α,β-unsaturated/α-hetero) is 1. The van der Waals surface area contributed by atoms with Gasteiger partial charge in [0.2, 0.25) is 0 Å². The number of hydrogen-bond acceptors (Lipinski definition) is 2. The average Bonchev–Trinajstić information content (AvgIpc) is 2.75. The molecule has 0 saturated carbocycles. The van der Waals surface area contributed by atoms with Crippen LogP contribution in [0, 0.1) is 13.8 Å². The summed E-state index contributed by atoms with van der Waals surface area (Å²) in [5.74, 6) is -0.233. The van der Waals surface area contributed by atoms with Crippen molar-refractivity contribution < 1.29 is 9.59 Å². The Hall–Kier alpha value is -2.36. The van der Waals surface area contributed by atoms with Crippen LogP contribution in [-0.4, -0.2) is 16.7 Å². The molecule has 4 nitrogen and oxygen atoms in total. The lowest BCUT2D eigenvalue weighted by molar-refractivity contribution is 0.101. The molecule has 21 heavy (non-hydrogen) atoms. The molecule has 0 aliphatic rings. The third-order valence-electron chi connectivity index (χ3n) is 3.50. The summed E-state index contributed by atoms with van der Waals surface area (Å²) in [7, 11) is 0. The van der Waals surface area contributed by atoms with E-state index in [4.69, 9.17) is 0 Å². The zero-order chi connectivity index (χ0) is 15.6. The van der Waals surface area contributed by atoms with Gasteiger partial charge in [-0.15, -0.1) is 0 Å². The monoisotopic (exact) mass is 284 g/mol. The van der Waals surface area contributed by atoms with E-state index >= 15 is 0 Å². The highest BCUT2D eigenvalue weighted by atomic mass is 16.2. The Morgan fingerprint density at radius 3 is 2.52 bits per heavy atom. The minimum atomic E-state index is -0.215. The number of hydrogen-bond donors (Lipinski definition) is 2. The quantitative estimate of drug-likeness (QED) is 0.842. The maximum Gasteiger partial charge on any atom is 0.272 e. The van der Waals surface area contributed by atoms with Crippen molar-refractivity contribution in [3.63, 3.8) is 0 Å². The molecule has 0 saturated heterocycles. The van der Waals surface area contributed by atoms with Crippen LogP contribution in [0.15, 0.2) is 24.3 Å². The van der Waals surface area contributed by atoms with Crippen LogP contribution in [-0.2, 0) is 6.42 Å². The third-order valence-corrected chi connectivity index (χ3v) is 3.50. The number of rotatable bonds is 4. The van der Waals surface area contributed by atoms with Crippen molar-refractivity contribution in [2.75, 3.05) is 5.32 Å². The highest BCUT2D eigenvalue weighted by Gasteiger charge is 2.21. The molecule has 0 aliphatic carbocycles. The van der Waals surface area contributed by atoms with Gasteiger partial charge in [0.15, 0.2) is 5.78 Å². The van der Waals surface area contributed by atoms with Gasteiger partial charge in [-0.3, -0.25) is 9.59 Å². The van der Waals surface area contributed by atoms with E-state index in [2.05, 4.69) is 10.3 Å².